The fourth-order valence-corrected chi connectivity index (χ4v) is 3.71. The first-order valence-corrected chi connectivity index (χ1v) is 8.98. The van der Waals surface area contributed by atoms with Crippen LogP contribution >= 0.6 is 11.6 Å². The minimum absolute atomic E-state index is 0.283. The summed E-state index contributed by atoms with van der Waals surface area (Å²) in [6.07, 6.45) is 0. The molecular weight excluding hydrogens is 350 g/mol. The second kappa shape index (κ2) is 6.45. The highest BCUT2D eigenvalue weighted by molar-refractivity contribution is 6.31. The van der Waals surface area contributed by atoms with Crippen molar-refractivity contribution in [1.82, 2.24) is 4.90 Å². The Morgan fingerprint density at radius 1 is 1.12 bits per heavy atom. The van der Waals surface area contributed by atoms with Crippen LogP contribution in [-0.4, -0.2) is 11.6 Å². The molecule has 0 N–H and O–H groups in total. The fraction of sp³-hybridized carbons (Fsp3) is 0.286. The molecule has 134 valence electrons. The summed E-state index contributed by atoms with van der Waals surface area (Å²) in [5, 5.41) is 1.74. The Labute approximate surface area is 156 Å². The molecule has 3 aromatic rings. The topological polar surface area (TPSA) is 42.7 Å². The molecule has 0 spiro atoms. The Hall–Kier alpha value is -2.30. The Balaban J connectivity index is 1.74. The summed E-state index contributed by atoms with van der Waals surface area (Å²) < 4.78 is 11.6. The van der Waals surface area contributed by atoms with Gasteiger partial charge in [0.25, 0.3) is 0 Å². The van der Waals surface area contributed by atoms with Crippen LogP contribution in [0.2, 0.25) is 5.02 Å². The van der Waals surface area contributed by atoms with E-state index in [1.165, 1.54) is 0 Å². The van der Waals surface area contributed by atoms with E-state index in [4.69, 9.17) is 20.8 Å². The molecule has 2 heterocycles. The van der Waals surface area contributed by atoms with E-state index in [1.807, 2.05) is 38.1 Å². The maximum Gasteiger partial charge on any atom is 0.339 e. The maximum atomic E-state index is 12.0. The van der Waals surface area contributed by atoms with Crippen molar-refractivity contribution in [3.63, 3.8) is 0 Å². The highest BCUT2D eigenvalue weighted by atomic mass is 35.5. The molecule has 0 radical (unpaired) electrons. The molecule has 0 amide bonds. The lowest BCUT2D eigenvalue weighted by Gasteiger charge is -2.30. The molecule has 0 aliphatic carbocycles. The third-order valence-electron chi connectivity index (χ3n) is 5.14. The smallest absolute Gasteiger partial charge is 0.339 e. The third kappa shape index (κ3) is 2.79. The normalized spacial score (nSPS) is 14.3. The summed E-state index contributed by atoms with van der Waals surface area (Å²) >= 11 is 6.29. The van der Waals surface area contributed by atoms with Crippen LogP contribution in [0.15, 0.2) is 39.5 Å². The number of benzene rings is 2. The summed E-state index contributed by atoms with van der Waals surface area (Å²) in [5.74, 6) is 0.819. The first-order chi connectivity index (χ1) is 12.5. The second-order valence-electron chi connectivity index (χ2n) is 6.86. The Morgan fingerprint density at radius 3 is 2.65 bits per heavy atom. The lowest BCUT2D eigenvalue weighted by molar-refractivity contribution is 0.0881. The molecule has 4 nitrogen and oxygen atoms in total. The number of nitrogens with zero attached hydrogens (tertiary/aromatic N) is 1. The number of hydrogen-bond acceptors (Lipinski definition) is 4. The number of ether oxygens (including phenoxy) is 1. The van der Waals surface area contributed by atoms with Crippen LogP contribution in [0.5, 0.6) is 5.75 Å². The van der Waals surface area contributed by atoms with Gasteiger partial charge in [-0.25, -0.2) is 4.79 Å². The molecule has 2 aromatic carbocycles. The predicted octanol–water partition coefficient (Wildman–Crippen LogP) is 4.72. The van der Waals surface area contributed by atoms with E-state index in [2.05, 4.69) is 11.0 Å². The van der Waals surface area contributed by atoms with Gasteiger partial charge >= 0.3 is 5.63 Å². The summed E-state index contributed by atoms with van der Waals surface area (Å²) in [4.78, 5) is 14.2. The summed E-state index contributed by atoms with van der Waals surface area (Å²) in [5.41, 5.74) is 5.02. The van der Waals surface area contributed by atoms with Crippen molar-refractivity contribution in [2.45, 2.75) is 33.9 Å². The molecule has 0 saturated carbocycles. The van der Waals surface area contributed by atoms with Crippen molar-refractivity contribution in [2.75, 3.05) is 6.73 Å². The zero-order chi connectivity index (χ0) is 18.4. The van der Waals surface area contributed by atoms with E-state index >= 15 is 0 Å². The standard InChI is InChI=1S/C21H20ClNO3/c1-12-13(2)21(24)26-20-14(3)19-16(8-17(12)20)10-23(11-25-19)9-15-6-4-5-7-18(15)22/h4-8H,9-11H2,1-3H3. The van der Waals surface area contributed by atoms with Crippen molar-refractivity contribution in [2.24, 2.45) is 0 Å². The van der Waals surface area contributed by atoms with E-state index in [-0.39, 0.29) is 5.63 Å². The summed E-state index contributed by atoms with van der Waals surface area (Å²) in [7, 11) is 0. The molecule has 1 aliphatic heterocycles. The molecule has 5 heteroatoms. The van der Waals surface area contributed by atoms with Crippen LogP contribution in [-0.2, 0) is 13.1 Å². The van der Waals surface area contributed by atoms with Gasteiger partial charge in [0.15, 0.2) is 0 Å². The maximum absolute atomic E-state index is 12.0. The third-order valence-corrected chi connectivity index (χ3v) is 5.51. The Kier molecular flexibility index (Phi) is 4.25. The lowest BCUT2D eigenvalue weighted by Crippen LogP contribution is -2.32. The average molecular weight is 370 g/mol. The number of aryl methyl sites for hydroxylation is 2. The average Bonchev–Trinajstić information content (AvgIpc) is 2.63. The summed E-state index contributed by atoms with van der Waals surface area (Å²) in [6, 6.07) is 9.95. The molecule has 0 unspecified atom stereocenters. The van der Waals surface area contributed by atoms with Gasteiger partial charge < -0.3 is 9.15 Å². The summed E-state index contributed by atoms with van der Waals surface area (Å²) in [6.45, 7) is 7.66. The van der Waals surface area contributed by atoms with Gasteiger partial charge in [-0.15, -0.1) is 0 Å². The molecule has 1 aliphatic rings. The lowest BCUT2D eigenvalue weighted by atomic mass is 9.99. The zero-order valence-electron chi connectivity index (χ0n) is 15.1. The number of fused-ring (bicyclic) bond motifs is 2. The Bertz CT molecular complexity index is 1070. The van der Waals surface area contributed by atoms with Gasteiger partial charge in [0.1, 0.15) is 18.1 Å². The van der Waals surface area contributed by atoms with Crippen molar-refractivity contribution < 1.29 is 9.15 Å². The molecular formula is C21H20ClNO3. The first kappa shape index (κ1) is 17.1. The van der Waals surface area contributed by atoms with Gasteiger partial charge in [-0.3, -0.25) is 4.90 Å². The van der Waals surface area contributed by atoms with Crippen molar-refractivity contribution in [3.05, 3.63) is 73.6 Å². The molecule has 0 bridgehead atoms. The minimum Gasteiger partial charge on any atom is -0.477 e. The van der Waals surface area contributed by atoms with Crippen LogP contribution in [0.4, 0.5) is 0 Å². The fourth-order valence-electron chi connectivity index (χ4n) is 3.52. The predicted molar refractivity (Wildman–Crippen MR) is 103 cm³/mol. The van der Waals surface area contributed by atoms with Crippen molar-refractivity contribution >= 4 is 22.6 Å². The van der Waals surface area contributed by atoms with Crippen molar-refractivity contribution in [1.29, 1.82) is 0 Å². The van der Waals surface area contributed by atoms with E-state index < -0.39 is 0 Å². The van der Waals surface area contributed by atoms with E-state index in [0.717, 1.165) is 51.5 Å². The molecule has 0 atom stereocenters. The highest BCUT2D eigenvalue weighted by Gasteiger charge is 2.23. The molecule has 0 saturated heterocycles. The number of hydrogen-bond donors (Lipinski definition) is 0. The molecule has 26 heavy (non-hydrogen) atoms. The van der Waals surface area contributed by atoms with Gasteiger partial charge in [0, 0.05) is 40.2 Å². The van der Waals surface area contributed by atoms with Gasteiger partial charge in [0.2, 0.25) is 0 Å². The largest absolute Gasteiger partial charge is 0.477 e. The van der Waals surface area contributed by atoms with Crippen molar-refractivity contribution in [3.8, 4) is 5.75 Å². The van der Waals surface area contributed by atoms with Crippen LogP contribution in [0.25, 0.3) is 11.0 Å². The first-order valence-electron chi connectivity index (χ1n) is 8.60. The molecule has 0 fully saturated rings. The van der Waals surface area contributed by atoms with E-state index in [9.17, 15) is 4.79 Å². The van der Waals surface area contributed by atoms with Crippen LogP contribution < -0.4 is 10.4 Å². The van der Waals surface area contributed by atoms with Crippen LogP contribution in [0.1, 0.15) is 27.8 Å². The van der Waals surface area contributed by atoms with E-state index in [1.54, 1.807) is 6.92 Å². The highest BCUT2D eigenvalue weighted by Crippen LogP contribution is 2.36. The minimum atomic E-state index is -0.283. The quantitative estimate of drug-likeness (QED) is 0.613. The van der Waals surface area contributed by atoms with Gasteiger partial charge in [0.05, 0.1) is 0 Å². The van der Waals surface area contributed by atoms with Crippen LogP contribution in [0, 0.1) is 20.8 Å². The monoisotopic (exact) mass is 369 g/mol. The molecule has 1 aromatic heterocycles. The number of halogens is 1. The number of rotatable bonds is 2. The molecule has 4 rings (SSSR count). The SMILES string of the molecule is Cc1c(C)c2cc3c(c(C)c2oc1=O)OCN(Cc1ccccc1Cl)C3. The van der Waals surface area contributed by atoms with Crippen LogP contribution in [0.3, 0.4) is 0 Å². The van der Waals surface area contributed by atoms with Gasteiger partial charge in [-0.2, -0.15) is 0 Å². The Morgan fingerprint density at radius 2 is 1.88 bits per heavy atom. The van der Waals surface area contributed by atoms with Gasteiger partial charge in [-0.05, 0) is 44.0 Å². The van der Waals surface area contributed by atoms with E-state index in [0.29, 0.717) is 17.9 Å². The van der Waals surface area contributed by atoms with Gasteiger partial charge in [-0.1, -0.05) is 29.8 Å². The second-order valence-corrected chi connectivity index (χ2v) is 7.27. The zero-order valence-corrected chi connectivity index (χ0v) is 15.8.